The highest BCUT2D eigenvalue weighted by Gasteiger charge is 2.47. The number of halogens is 24. The number of hydrogen-bond acceptors (Lipinski definition) is 5. The Labute approximate surface area is 414 Å². The number of esters is 1. The van der Waals surface area contributed by atoms with Gasteiger partial charge >= 0.3 is 61.1 Å². The Morgan fingerprint density at radius 1 is 0.442 bits per heavy atom. The van der Waals surface area contributed by atoms with Crippen molar-refractivity contribution in [3.8, 4) is 0 Å². The fourth-order valence-electron chi connectivity index (χ4n) is 7.77. The molecule has 0 aliphatic heterocycles. The molecule has 0 atom stereocenters. The topological polar surface area (TPSA) is 80.4 Å². The second kappa shape index (κ2) is 21.2. The number of ether oxygens (including phenoxy) is 1. The third kappa shape index (κ3) is 14.2. The summed E-state index contributed by atoms with van der Waals surface area (Å²) in [6, 6.07) is -0.0437. The Balaban J connectivity index is 0.000000455. The van der Waals surface area contributed by atoms with E-state index in [2.05, 4.69) is 9.72 Å². The average Bonchev–Trinajstić information content (AvgIpc) is 3.30. The van der Waals surface area contributed by atoms with Crippen LogP contribution in [0.2, 0.25) is 0 Å². The van der Waals surface area contributed by atoms with Gasteiger partial charge in [0.15, 0.2) is 13.0 Å². The highest BCUT2D eigenvalue weighted by molar-refractivity contribution is 7.20. The second-order valence-electron chi connectivity index (χ2n) is 16.2. The quantitative estimate of drug-likeness (QED) is 0.0390. The molecule has 0 aliphatic rings. The molecule has 0 saturated carbocycles. The third-order valence-electron chi connectivity index (χ3n) is 11.1. The van der Waals surface area contributed by atoms with E-state index in [0.717, 1.165) is 0 Å². The fraction of sp³-hybridized carbons (Fsp3) is 0.217. The van der Waals surface area contributed by atoms with Crippen LogP contribution < -0.4 is 26.4 Å². The lowest BCUT2D eigenvalue weighted by molar-refractivity contribution is -0.686. The van der Waals surface area contributed by atoms with Gasteiger partial charge < -0.3 is 9.84 Å². The number of carbonyl (C=O) groups is 2. The van der Waals surface area contributed by atoms with E-state index in [9.17, 15) is 115 Å². The smallest absolute Gasteiger partial charge is 0.416 e. The number of aliphatic hydroxyl groups is 1. The lowest BCUT2D eigenvalue weighted by Crippen LogP contribution is -2.75. The van der Waals surface area contributed by atoms with Crippen LogP contribution in [-0.4, -0.2) is 34.8 Å². The van der Waals surface area contributed by atoms with Crippen LogP contribution in [0.5, 0.6) is 0 Å². The molecular formula is C46H25BF24N2O4. The van der Waals surface area contributed by atoms with Crippen molar-refractivity contribution in [2.45, 2.75) is 56.0 Å². The standard InChI is InChI=1S/C32H12BF24.C14H13N2O4/c34-25(35,36)13-1-14(26(37,38)39)6-21(5-13)33(22-7-15(27(40,41)42)2-16(8-22)28(43,44)45,23-9-17(29(46,47)48)3-18(10-23)30(49,50)51)24-11-19(31(52,53)54)4-20(12-24)32(55,56)57;17-10-20-14(19)12-8-15-6-7-16(12)9-13(18)11-4-2-1-3-5-11/h1-12H;1-8,17H,9-10H2/q-1;+1. The minimum Gasteiger partial charge on any atom is -0.431 e. The fourth-order valence-corrected chi connectivity index (χ4v) is 7.77. The van der Waals surface area contributed by atoms with Crippen LogP contribution in [0.3, 0.4) is 0 Å². The number of nitrogens with zero attached hydrogens (tertiary/aromatic N) is 2. The van der Waals surface area contributed by atoms with Gasteiger partial charge in [0.25, 0.3) is 0 Å². The average molecular weight is 1140 g/mol. The number of alkyl halides is 24. The van der Waals surface area contributed by atoms with E-state index >= 15 is 0 Å². The largest absolute Gasteiger partial charge is 0.431 e. The van der Waals surface area contributed by atoms with Crippen LogP contribution in [0.25, 0.3) is 0 Å². The number of aliphatic hydroxyl groups excluding tert-OH is 1. The molecule has 77 heavy (non-hydrogen) atoms. The van der Waals surface area contributed by atoms with Crippen LogP contribution in [-0.2, 0) is 60.7 Å². The number of benzene rings is 5. The maximum Gasteiger partial charge on any atom is 0.416 e. The van der Waals surface area contributed by atoms with E-state index in [-0.39, 0.29) is 18.0 Å². The Morgan fingerprint density at radius 3 is 0.961 bits per heavy atom. The van der Waals surface area contributed by atoms with Crippen LogP contribution in [0.4, 0.5) is 105 Å². The molecule has 0 aliphatic carbocycles. The Morgan fingerprint density at radius 2 is 0.714 bits per heavy atom. The van der Waals surface area contributed by atoms with Gasteiger partial charge in [0.2, 0.25) is 12.3 Å². The van der Waals surface area contributed by atoms with E-state index in [4.69, 9.17) is 5.11 Å². The molecule has 414 valence electrons. The van der Waals surface area contributed by atoms with Crippen LogP contribution in [0, 0.1) is 0 Å². The van der Waals surface area contributed by atoms with Crippen molar-refractivity contribution in [1.29, 1.82) is 0 Å². The predicted molar refractivity (Wildman–Crippen MR) is 218 cm³/mol. The molecule has 31 heteroatoms. The molecule has 0 spiro atoms. The van der Waals surface area contributed by atoms with Gasteiger partial charge in [-0.1, -0.05) is 78.9 Å². The molecule has 1 heterocycles. The van der Waals surface area contributed by atoms with Gasteiger partial charge in [-0.3, -0.25) is 9.78 Å². The van der Waals surface area contributed by atoms with Crippen molar-refractivity contribution in [2.24, 2.45) is 0 Å². The summed E-state index contributed by atoms with van der Waals surface area (Å²) in [5, 5.41) is 8.61. The molecule has 1 aromatic heterocycles. The zero-order chi connectivity index (χ0) is 58.3. The van der Waals surface area contributed by atoms with Gasteiger partial charge in [-0.2, -0.15) is 132 Å². The number of rotatable bonds is 9. The first kappa shape index (κ1) is 60.5. The van der Waals surface area contributed by atoms with Gasteiger partial charge in [0.1, 0.15) is 12.3 Å². The van der Waals surface area contributed by atoms with E-state index < -0.39 is 207 Å². The molecule has 1 N–H and O–H groups in total. The van der Waals surface area contributed by atoms with Crippen LogP contribution in [0.15, 0.2) is 122 Å². The molecule has 0 amide bonds. The van der Waals surface area contributed by atoms with Gasteiger partial charge in [0, 0.05) is 5.56 Å². The predicted octanol–water partition coefficient (Wildman–Crippen LogP) is 11.6. The van der Waals surface area contributed by atoms with Crippen molar-refractivity contribution in [2.75, 3.05) is 6.79 Å². The van der Waals surface area contributed by atoms with Gasteiger partial charge in [0.05, 0.1) is 50.7 Å². The van der Waals surface area contributed by atoms with Crippen LogP contribution in [0.1, 0.15) is 65.4 Å². The molecular weight excluding hydrogens is 1110 g/mol. The maximum atomic E-state index is 14.2. The highest BCUT2D eigenvalue weighted by Crippen LogP contribution is 2.41. The van der Waals surface area contributed by atoms with Gasteiger partial charge in [-0.25, -0.2) is 4.79 Å². The third-order valence-corrected chi connectivity index (χ3v) is 11.1. The second-order valence-corrected chi connectivity index (χ2v) is 16.2. The first-order chi connectivity index (χ1) is 35.0. The lowest BCUT2D eigenvalue weighted by Gasteiger charge is -2.46. The Bertz CT molecular complexity index is 2680. The number of hydrogen-bond donors (Lipinski definition) is 1. The van der Waals surface area contributed by atoms with E-state index in [1.807, 2.05) is 6.07 Å². The highest BCUT2D eigenvalue weighted by atomic mass is 19.4. The van der Waals surface area contributed by atoms with Crippen molar-refractivity contribution in [3.63, 3.8) is 0 Å². The number of carbonyl (C=O) groups excluding carboxylic acids is 2. The SMILES string of the molecule is FC(F)(F)c1cc([B-](c2cc(C(F)(F)F)cc(C(F)(F)F)c2)(c2cc(C(F)(F)F)cc(C(F)(F)F)c2)c2cc(C(F)(F)F)cc(C(F)(F)F)c2)cc(C(F)(F)F)c1.O=C(C[n+]1ccncc1C(=O)OCO)c1ccccc1. The molecule has 5 aromatic carbocycles. The molecule has 0 unspecified atom stereocenters. The summed E-state index contributed by atoms with van der Waals surface area (Å²) >= 11 is 0. The van der Waals surface area contributed by atoms with Gasteiger partial charge in [-0.15, -0.1) is 0 Å². The Hall–Kier alpha value is -7.34. The maximum absolute atomic E-state index is 14.2. The summed E-state index contributed by atoms with van der Waals surface area (Å²) in [4.78, 5) is 27.5. The lowest BCUT2D eigenvalue weighted by atomic mass is 9.12. The summed E-state index contributed by atoms with van der Waals surface area (Å²) in [5.74, 6) is -0.874. The zero-order valence-electron chi connectivity index (χ0n) is 37.2. The summed E-state index contributed by atoms with van der Waals surface area (Å²) in [6.07, 6.45) is -50.5. The zero-order valence-corrected chi connectivity index (χ0v) is 37.2. The number of Topliss-reactive ketones (excluding diaryl/α,β-unsaturated/α-hetero) is 1. The molecule has 6 nitrogen and oxygen atoms in total. The summed E-state index contributed by atoms with van der Waals surface area (Å²) < 4.78 is 347. The van der Waals surface area contributed by atoms with E-state index in [0.29, 0.717) is 5.56 Å². The molecule has 0 fully saturated rings. The summed E-state index contributed by atoms with van der Waals surface area (Å²) in [5.41, 5.74) is -29.5. The molecule has 0 bridgehead atoms. The van der Waals surface area contributed by atoms with E-state index in [1.165, 1.54) is 23.2 Å². The normalized spacial score (nSPS) is 13.2. The molecule has 0 radical (unpaired) electrons. The first-order valence-electron chi connectivity index (χ1n) is 20.5. The van der Waals surface area contributed by atoms with Crippen molar-refractivity contribution >= 4 is 39.7 Å². The van der Waals surface area contributed by atoms with E-state index in [1.54, 1.807) is 24.3 Å². The van der Waals surface area contributed by atoms with Crippen molar-refractivity contribution in [3.05, 3.63) is 177 Å². The molecule has 0 saturated heterocycles. The number of ketones is 1. The summed E-state index contributed by atoms with van der Waals surface area (Å²) in [6.45, 7) is -0.733. The Kier molecular flexibility index (Phi) is 16.7. The molecule has 6 aromatic rings. The van der Waals surface area contributed by atoms with Crippen LogP contribution >= 0.6 is 0 Å². The van der Waals surface area contributed by atoms with Crippen molar-refractivity contribution in [1.82, 2.24) is 4.98 Å². The van der Waals surface area contributed by atoms with Crippen molar-refractivity contribution < 1.29 is 129 Å². The number of aromatic nitrogens is 2. The minimum absolute atomic E-state index is 0.0115. The summed E-state index contributed by atoms with van der Waals surface area (Å²) in [7, 11) is 0. The monoisotopic (exact) mass is 1140 g/mol. The molecule has 6 rings (SSSR count). The first-order valence-corrected chi connectivity index (χ1v) is 20.5. The minimum atomic E-state index is -6.13. The van der Waals surface area contributed by atoms with Gasteiger partial charge in [-0.05, 0) is 24.3 Å².